The second-order valence-electron chi connectivity index (χ2n) is 6.90. The van der Waals surface area contributed by atoms with E-state index in [1.165, 1.54) is 0 Å². The zero-order valence-electron chi connectivity index (χ0n) is 14.7. The second-order valence-corrected chi connectivity index (χ2v) is 7.78. The first-order chi connectivity index (χ1) is 12.2. The van der Waals surface area contributed by atoms with Crippen molar-refractivity contribution >= 4 is 29.2 Å². The first kappa shape index (κ1) is 18.5. The monoisotopic (exact) mass is 388 g/mol. The Balaban J connectivity index is 1.99. The van der Waals surface area contributed by atoms with E-state index in [-0.39, 0.29) is 5.41 Å². The summed E-state index contributed by atoms with van der Waals surface area (Å²) in [5.74, 6) is -0.130. The number of aromatic nitrogens is 2. The Morgan fingerprint density at radius 1 is 0.962 bits per heavy atom. The number of ether oxygens (including phenoxy) is 1. The Labute approximate surface area is 162 Å². The van der Waals surface area contributed by atoms with Gasteiger partial charge in [0.15, 0.2) is 0 Å². The van der Waals surface area contributed by atoms with E-state index in [4.69, 9.17) is 27.9 Å². The summed E-state index contributed by atoms with van der Waals surface area (Å²) in [6.45, 7) is 6.14. The van der Waals surface area contributed by atoms with Crippen LogP contribution >= 0.6 is 23.2 Å². The van der Waals surface area contributed by atoms with Crippen LogP contribution in [0.15, 0.2) is 54.6 Å². The van der Waals surface area contributed by atoms with Crippen molar-refractivity contribution in [3.63, 3.8) is 0 Å². The molecule has 0 spiro atoms. The van der Waals surface area contributed by atoms with Gasteiger partial charge in [-0.1, -0.05) is 44.0 Å². The van der Waals surface area contributed by atoms with Crippen molar-refractivity contribution in [1.29, 1.82) is 0 Å². The van der Waals surface area contributed by atoms with E-state index in [1.54, 1.807) is 47.1 Å². The van der Waals surface area contributed by atoms with Crippen LogP contribution in [0.5, 0.6) is 5.88 Å². The van der Waals surface area contributed by atoms with E-state index >= 15 is 0 Å². The lowest BCUT2D eigenvalue weighted by atomic mass is 9.93. The number of esters is 1. The molecule has 0 amide bonds. The van der Waals surface area contributed by atoms with Gasteiger partial charge in [-0.25, -0.2) is 9.48 Å². The third-order valence-electron chi connectivity index (χ3n) is 3.79. The van der Waals surface area contributed by atoms with Crippen molar-refractivity contribution in [3.05, 3.63) is 75.9 Å². The third-order valence-corrected chi connectivity index (χ3v) is 4.30. The van der Waals surface area contributed by atoms with Gasteiger partial charge in [0.2, 0.25) is 5.88 Å². The van der Waals surface area contributed by atoms with Gasteiger partial charge < -0.3 is 4.74 Å². The zero-order chi connectivity index (χ0) is 18.9. The molecule has 26 heavy (non-hydrogen) atoms. The van der Waals surface area contributed by atoms with Gasteiger partial charge in [0, 0.05) is 21.5 Å². The summed E-state index contributed by atoms with van der Waals surface area (Å²) < 4.78 is 7.22. The first-order valence-electron chi connectivity index (χ1n) is 8.08. The highest BCUT2D eigenvalue weighted by molar-refractivity contribution is 6.30. The molecule has 6 heteroatoms. The van der Waals surface area contributed by atoms with E-state index in [0.717, 1.165) is 11.4 Å². The molecule has 0 unspecified atom stereocenters. The normalized spacial score (nSPS) is 11.4. The molecule has 0 fully saturated rings. The van der Waals surface area contributed by atoms with E-state index in [2.05, 4.69) is 5.10 Å². The average Bonchev–Trinajstić information content (AvgIpc) is 3.00. The molecule has 0 N–H and O–H groups in total. The van der Waals surface area contributed by atoms with Crippen molar-refractivity contribution in [3.8, 4) is 11.6 Å². The minimum absolute atomic E-state index is 0.195. The van der Waals surface area contributed by atoms with Crippen LogP contribution in [-0.4, -0.2) is 15.7 Å². The number of halogens is 2. The maximum atomic E-state index is 12.5. The van der Waals surface area contributed by atoms with Gasteiger partial charge in [0.25, 0.3) is 0 Å². The fourth-order valence-electron chi connectivity index (χ4n) is 2.31. The molecular weight excluding hydrogens is 371 g/mol. The van der Waals surface area contributed by atoms with Gasteiger partial charge in [0.05, 0.1) is 16.9 Å². The summed E-state index contributed by atoms with van der Waals surface area (Å²) in [7, 11) is 0. The third kappa shape index (κ3) is 4.09. The maximum Gasteiger partial charge on any atom is 0.344 e. The molecule has 0 saturated heterocycles. The fourth-order valence-corrected chi connectivity index (χ4v) is 2.56. The van der Waals surface area contributed by atoms with Crippen molar-refractivity contribution in [2.45, 2.75) is 26.2 Å². The summed E-state index contributed by atoms with van der Waals surface area (Å²) in [5, 5.41) is 5.80. The molecule has 0 aliphatic carbocycles. The Bertz CT molecular complexity index is 924. The molecule has 3 rings (SSSR count). The van der Waals surface area contributed by atoms with Crippen LogP contribution in [0, 0.1) is 0 Å². The molecule has 0 bridgehead atoms. The highest BCUT2D eigenvalue weighted by Gasteiger charge is 2.23. The molecule has 4 nitrogen and oxygen atoms in total. The smallest absolute Gasteiger partial charge is 0.344 e. The van der Waals surface area contributed by atoms with Crippen LogP contribution in [0.25, 0.3) is 5.69 Å². The first-order valence-corrected chi connectivity index (χ1v) is 8.84. The van der Waals surface area contributed by atoms with Crippen molar-refractivity contribution in [2.24, 2.45) is 0 Å². The number of hydrogen-bond donors (Lipinski definition) is 0. The molecule has 0 aliphatic heterocycles. The number of carbonyl (C=O) groups excluding carboxylic acids is 1. The van der Waals surface area contributed by atoms with Gasteiger partial charge in [-0.05, 0) is 48.5 Å². The summed E-state index contributed by atoms with van der Waals surface area (Å²) in [6, 6.07) is 15.5. The van der Waals surface area contributed by atoms with Gasteiger partial charge in [-0.3, -0.25) is 0 Å². The summed E-state index contributed by atoms with van der Waals surface area (Å²) in [6.07, 6.45) is 0. The lowest BCUT2D eigenvalue weighted by molar-refractivity contribution is 0.0723. The SMILES string of the molecule is CC(C)(C)c1cc(OC(=O)c2ccc(Cl)cc2)n(-c2ccc(Cl)cc2)n1. The minimum Gasteiger partial charge on any atom is -0.404 e. The minimum atomic E-state index is -0.475. The van der Waals surface area contributed by atoms with Gasteiger partial charge in [-0.15, -0.1) is 0 Å². The number of benzene rings is 2. The predicted octanol–water partition coefficient (Wildman–Crippen LogP) is 5.70. The molecule has 134 valence electrons. The van der Waals surface area contributed by atoms with Crippen molar-refractivity contribution in [1.82, 2.24) is 9.78 Å². The molecule has 1 aromatic heterocycles. The van der Waals surface area contributed by atoms with E-state index < -0.39 is 5.97 Å². The topological polar surface area (TPSA) is 44.1 Å². The Kier molecular flexibility index (Phi) is 5.08. The second kappa shape index (κ2) is 7.14. The van der Waals surface area contributed by atoms with Crippen molar-refractivity contribution in [2.75, 3.05) is 0 Å². The van der Waals surface area contributed by atoms with Crippen LogP contribution in [0.2, 0.25) is 10.0 Å². The van der Waals surface area contributed by atoms with Gasteiger partial charge in [0.1, 0.15) is 0 Å². The molecule has 0 aliphatic rings. The molecule has 0 saturated carbocycles. The fraction of sp³-hybridized carbons (Fsp3) is 0.200. The average molecular weight is 389 g/mol. The van der Waals surface area contributed by atoms with E-state index in [9.17, 15) is 4.79 Å². The van der Waals surface area contributed by atoms with Crippen LogP contribution in [-0.2, 0) is 5.41 Å². The zero-order valence-corrected chi connectivity index (χ0v) is 16.2. The Morgan fingerprint density at radius 2 is 1.50 bits per heavy atom. The van der Waals surface area contributed by atoms with E-state index in [1.807, 2.05) is 32.9 Å². The molecule has 0 atom stereocenters. The van der Waals surface area contributed by atoms with Crippen LogP contribution in [0.1, 0.15) is 36.8 Å². The lowest BCUT2D eigenvalue weighted by Crippen LogP contribution is -2.13. The van der Waals surface area contributed by atoms with Gasteiger partial charge >= 0.3 is 5.97 Å². The highest BCUT2D eigenvalue weighted by Crippen LogP contribution is 2.28. The summed E-state index contributed by atoms with van der Waals surface area (Å²) >= 11 is 11.8. The Morgan fingerprint density at radius 3 is 2.04 bits per heavy atom. The quantitative estimate of drug-likeness (QED) is 0.540. The molecular formula is C20H18Cl2N2O2. The largest absolute Gasteiger partial charge is 0.404 e. The number of nitrogens with zero attached hydrogens (tertiary/aromatic N) is 2. The number of carbonyl (C=O) groups is 1. The summed E-state index contributed by atoms with van der Waals surface area (Å²) in [5.41, 5.74) is 1.78. The number of hydrogen-bond acceptors (Lipinski definition) is 3. The Hall–Kier alpha value is -2.30. The predicted molar refractivity (Wildman–Crippen MR) is 104 cm³/mol. The molecule has 1 heterocycles. The highest BCUT2D eigenvalue weighted by atomic mass is 35.5. The summed E-state index contributed by atoms with van der Waals surface area (Å²) in [4.78, 5) is 12.5. The van der Waals surface area contributed by atoms with Crippen LogP contribution < -0.4 is 4.74 Å². The molecule has 0 radical (unpaired) electrons. The molecule has 3 aromatic rings. The standard InChI is InChI=1S/C20H18Cl2N2O2/c1-20(2,3)17-12-18(24(23-17)16-10-8-15(22)9-11-16)26-19(25)13-4-6-14(21)7-5-13/h4-12H,1-3H3. The number of rotatable bonds is 3. The lowest BCUT2D eigenvalue weighted by Gasteiger charge is -2.13. The van der Waals surface area contributed by atoms with Gasteiger partial charge in [-0.2, -0.15) is 5.10 Å². The van der Waals surface area contributed by atoms with Crippen molar-refractivity contribution < 1.29 is 9.53 Å². The van der Waals surface area contributed by atoms with E-state index in [0.29, 0.717) is 21.5 Å². The molecule has 2 aromatic carbocycles. The van der Waals surface area contributed by atoms with Crippen LogP contribution in [0.4, 0.5) is 0 Å². The maximum absolute atomic E-state index is 12.5. The van der Waals surface area contributed by atoms with Crippen LogP contribution in [0.3, 0.4) is 0 Å².